The van der Waals surface area contributed by atoms with Crippen molar-refractivity contribution in [1.82, 2.24) is 5.32 Å². The third kappa shape index (κ3) is 3.31. The van der Waals surface area contributed by atoms with E-state index in [4.69, 9.17) is 5.73 Å². The molecule has 18 heavy (non-hydrogen) atoms. The third-order valence-electron chi connectivity index (χ3n) is 3.44. The third-order valence-corrected chi connectivity index (χ3v) is 4.57. The van der Waals surface area contributed by atoms with Crippen LogP contribution in [0.2, 0.25) is 0 Å². The summed E-state index contributed by atoms with van der Waals surface area (Å²) in [5.41, 5.74) is 7.14. The molecule has 2 atom stereocenters. The van der Waals surface area contributed by atoms with Gasteiger partial charge in [-0.05, 0) is 43.5 Å². The summed E-state index contributed by atoms with van der Waals surface area (Å²) in [5, 5.41) is 3.42. The van der Waals surface area contributed by atoms with E-state index in [-0.39, 0.29) is 6.04 Å². The van der Waals surface area contributed by atoms with E-state index in [9.17, 15) is 8.42 Å². The lowest BCUT2D eigenvalue weighted by molar-refractivity contribution is 0.499. The van der Waals surface area contributed by atoms with Crippen molar-refractivity contribution in [2.75, 3.05) is 12.8 Å². The van der Waals surface area contributed by atoms with Crippen LogP contribution in [0, 0.1) is 0 Å². The van der Waals surface area contributed by atoms with Gasteiger partial charge in [0.1, 0.15) is 0 Å². The van der Waals surface area contributed by atoms with Gasteiger partial charge in [0.05, 0.1) is 4.90 Å². The number of hydrogen-bond acceptors (Lipinski definition) is 4. The molecule has 1 aliphatic heterocycles. The summed E-state index contributed by atoms with van der Waals surface area (Å²) in [6, 6.07) is 7.36. The van der Waals surface area contributed by atoms with Gasteiger partial charge in [0.25, 0.3) is 0 Å². The van der Waals surface area contributed by atoms with Gasteiger partial charge in [0, 0.05) is 18.3 Å². The summed E-state index contributed by atoms with van der Waals surface area (Å²) < 4.78 is 22.7. The summed E-state index contributed by atoms with van der Waals surface area (Å²) in [7, 11) is -3.12. The zero-order chi connectivity index (χ0) is 13.2. The van der Waals surface area contributed by atoms with Crippen molar-refractivity contribution in [3.05, 3.63) is 29.8 Å². The lowest BCUT2D eigenvalue weighted by Gasteiger charge is -2.17. The van der Waals surface area contributed by atoms with Crippen molar-refractivity contribution in [3.63, 3.8) is 0 Å². The highest BCUT2D eigenvalue weighted by Crippen LogP contribution is 2.21. The molecule has 1 aromatic rings. The zero-order valence-electron chi connectivity index (χ0n) is 10.6. The van der Waals surface area contributed by atoms with Crippen LogP contribution >= 0.6 is 0 Å². The number of nitrogens with one attached hydrogen (secondary N) is 1. The first-order valence-corrected chi connectivity index (χ1v) is 8.15. The second kappa shape index (κ2) is 5.38. The Balaban J connectivity index is 2.04. The first-order chi connectivity index (χ1) is 8.47. The molecule has 2 unspecified atom stereocenters. The minimum Gasteiger partial charge on any atom is -0.324 e. The van der Waals surface area contributed by atoms with Gasteiger partial charge in [-0.1, -0.05) is 12.1 Å². The van der Waals surface area contributed by atoms with Crippen LogP contribution in [0.3, 0.4) is 0 Å². The largest absolute Gasteiger partial charge is 0.324 e. The topological polar surface area (TPSA) is 72.2 Å². The van der Waals surface area contributed by atoms with Gasteiger partial charge >= 0.3 is 0 Å². The fourth-order valence-corrected chi connectivity index (χ4v) is 2.99. The summed E-state index contributed by atoms with van der Waals surface area (Å²) in [6.45, 7) is 1.07. The molecule has 0 aliphatic carbocycles. The monoisotopic (exact) mass is 268 g/mol. The first-order valence-electron chi connectivity index (χ1n) is 6.26. The molecule has 0 spiro atoms. The van der Waals surface area contributed by atoms with E-state index in [1.165, 1.54) is 19.1 Å². The Labute approximate surface area is 108 Å². The Bertz CT molecular complexity index is 490. The highest BCUT2D eigenvalue weighted by molar-refractivity contribution is 7.90. The number of benzene rings is 1. The molecule has 0 aromatic heterocycles. The average Bonchev–Trinajstić information content (AvgIpc) is 2.81. The predicted octanol–water partition coefficient (Wildman–Crippen LogP) is 1.23. The van der Waals surface area contributed by atoms with Crippen molar-refractivity contribution in [3.8, 4) is 0 Å². The number of hydrogen-bond donors (Lipinski definition) is 2. The minimum atomic E-state index is -3.12. The molecule has 3 N–H and O–H groups in total. The molecule has 1 saturated heterocycles. The molecule has 0 amide bonds. The van der Waals surface area contributed by atoms with Crippen molar-refractivity contribution in [1.29, 1.82) is 0 Å². The van der Waals surface area contributed by atoms with Crippen molar-refractivity contribution < 1.29 is 8.42 Å². The maximum absolute atomic E-state index is 11.4. The lowest BCUT2D eigenvalue weighted by Crippen LogP contribution is -2.26. The number of nitrogens with two attached hydrogens (primary N) is 1. The minimum absolute atomic E-state index is 0.0331. The Morgan fingerprint density at radius 3 is 2.56 bits per heavy atom. The van der Waals surface area contributed by atoms with E-state index in [0.717, 1.165) is 18.5 Å². The standard InChI is InChI=1S/C13H20N2O2S/c1-18(16,17)12-6-4-10(5-7-12)13(14)9-11-3-2-8-15-11/h4-7,11,13,15H,2-3,8-9,14H2,1H3. The second-order valence-electron chi connectivity index (χ2n) is 4.98. The summed E-state index contributed by atoms with van der Waals surface area (Å²) in [4.78, 5) is 0.345. The van der Waals surface area contributed by atoms with Gasteiger partial charge in [0.2, 0.25) is 0 Å². The molecular weight excluding hydrogens is 248 g/mol. The van der Waals surface area contributed by atoms with Crippen LogP contribution in [-0.2, 0) is 9.84 Å². The van der Waals surface area contributed by atoms with Gasteiger partial charge in [-0.3, -0.25) is 0 Å². The molecule has 5 heteroatoms. The maximum atomic E-state index is 11.4. The fourth-order valence-electron chi connectivity index (χ4n) is 2.36. The summed E-state index contributed by atoms with van der Waals surface area (Å²) >= 11 is 0. The van der Waals surface area contributed by atoms with E-state index in [1.54, 1.807) is 12.1 Å². The lowest BCUT2D eigenvalue weighted by atomic mass is 9.99. The zero-order valence-corrected chi connectivity index (χ0v) is 11.4. The van der Waals surface area contributed by atoms with Crippen LogP contribution in [0.25, 0.3) is 0 Å². The van der Waals surface area contributed by atoms with E-state index in [1.807, 2.05) is 12.1 Å². The fraction of sp³-hybridized carbons (Fsp3) is 0.538. The molecule has 2 rings (SSSR count). The van der Waals surface area contributed by atoms with Gasteiger partial charge < -0.3 is 11.1 Å². The van der Waals surface area contributed by atoms with Crippen LogP contribution in [-0.4, -0.2) is 27.3 Å². The number of rotatable bonds is 4. The Hall–Kier alpha value is -0.910. The quantitative estimate of drug-likeness (QED) is 0.861. The van der Waals surface area contributed by atoms with Crippen LogP contribution in [0.1, 0.15) is 30.9 Å². The van der Waals surface area contributed by atoms with E-state index in [2.05, 4.69) is 5.32 Å². The molecule has 0 saturated carbocycles. The smallest absolute Gasteiger partial charge is 0.175 e. The Morgan fingerprint density at radius 2 is 2.06 bits per heavy atom. The maximum Gasteiger partial charge on any atom is 0.175 e. The molecule has 0 bridgehead atoms. The molecule has 1 aliphatic rings. The van der Waals surface area contributed by atoms with Crippen LogP contribution in [0.5, 0.6) is 0 Å². The normalized spacial score (nSPS) is 22.0. The van der Waals surface area contributed by atoms with Crippen LogP contribution in [0.4, 0.5) is 0 Å². The highest BCUT2D eigenvalue weighted by Gasteiger charge is 2.18. The van der Waals surface area contributed by atoms with Gasteiger partial charge in [-0.15, -0.1) is 0 Å². The van der Waals surface area contributed by atoms with Gasteiger partial charge in [0.15, 0.2) is 9.84 Å². The molecule has 4 nitrogen and oxygen atoms in total. The molecule has 100 valence electrons. The van der Waals surface area contributed by atoms with Crippen molar-refractivity contribution in [2.45, 2.75) is 36.2 Å². The van der Waals surface area contributed by atoms with E-state index < -0.39 is 9.84 Å². The summed E-state index contributed by atoms with van der Waals surface area (Å²) in [6.07, 6.45) is 4.50. The van der Waals surface area contributed by atoms with Gasteiger partial charge in [-0.2, -0.15) is 0 Å². The molecule has 1 heterocycles. The first kappa shape index (κ1) is 13.5. The van der Waals surface area contributed by atoms with Crippen molar-refractivity contribution >= 4 is 9.84 Å². The Morgan fingerprint density at radius 1 is 1.39 bits per heavy atom. The average molecular weight is 268 g/mol. The van der Waals surface area contributed by atoms with Gasteiger partial charge in [-0.25, -0.2) is 8.42 Å². The Kier molecular flexibility index (Phi) is 4.04. The molecular formula is C13H20N2O2S. The SMILES string of the molecule is CS(=O)(=O)c1ccc(C(N)CC2CCCN2)cc1. The second-order valence-corrected chi connectivity index (χ2v) is 6.99. The van der Waals surface area contributed by atoms with E-state index in [0.29, 0.717) is 10.9 Å². The molecule has 0 radical (unpaired) electrons. The molecule has 1 aromatic carbocycles. The number of sulfone groups is 1. The summed E-state index contributed by atoms with van der Waals surface area (Å²) in [5.74, 6) is 0. The van der Waals surface area contributed by atoms with E-state index >= 15 is 0 Å². The predicted molar refractivity (Wildman–Crippen MR) is 72.1 cm³/mol. The van der Waals surface area contributed by atoms with Crippen LogP contribution < -0.4 is 11.1 Å². The molecule has 1 fully saturated rings. The highest BCUT2D eigenvalue weighted by atomic mass is 32.2. The van der Waals surface area contributed by atoms with Crippen LogP contribution in [0.15, 0.2) is 29.2 Å². The van der Waals surface area contributed by atoms with Crippen molar-refractivity contribution in [2.24, 2.45) is 5.73 Å².